The number of alkyl halides is 1. The third-order valence-electron chi connectivity index (χ3n) is 6.01. The van der Waals surface area contributed by atoms with Gasteiger partial charge in [0.2, 0.25) is 5.91 Å². The molecule has 4 aliphatic rings. The second-order valence-electron chi connectivity index (χ2n) is 8.83. The molecular formula is C17H28BrNO. The standard InChI is InChI=1S/C17H28BrNO/c1-15(2,4-5-18)19-14(20)17-9-12-6-13(10-17)8-16(3,7-12)11-17/h12-13H,4-11H2,1-3H3,(H,19,20). The molecular weight excluding hydrogens is 314 g/mol. The Labute approximate surface area is 131 Å². The van der Waals surface area contributed by atoms with Crippen LogP contribution in [0, 0.1) is 22.7 Å². The summed E-state index contributed by atoms with van der Waals surface area (Å²) < 4.78 is 0. The van der Waals surface area contributed by atoms with Gasteiger partial charge < -0.3 is 5.32 Å². The van der Waals surface area contributed by atoms with Gasteiger partial charge in [-0.05, 0) is 76.0 Å². The van der Waals surface area contributed by atoms with Gasteiger partial charge in [0.15, 0.2) is 0 Å². The molecule has 0 aromatic rings. The monoisotopic (exact) mass is 341 g/mol. The minimum absolute atomic E-state index is 0.0393. The predicted octanol–water partition coefficient (Wildman–Crippen LogP) is 4.27. The van der Waals surface area contributed by atoms with Gasteiger partial charge in [0.25, 0.3) is 0 Å². The molecule has 4 aliphatic carbocycles. The molecule has 1 N–H and O–H groups in total. The minimum atomic E-state index is -0.0924. The van der Waals surface area contributed by atoms with E-state index in [1.54, 1.807) is 0 Å². The van der Waals surface area contributed by atoms with Gasteiger partial charge in [-0.25, -0.2) is 0 Å². The smallest absolute Gasteiger partial charge is 0.226 e. The van der Waals surface area contributed by atoms with Gasteiger partial charge in [-0.15, -0.1) is 0 Å². The number of nitrogens with one attached hydrogen (secondary N) is 1. The summed E-state index contributed by atoms with van der Waals surface area (Å²) in [5.74, 6) is 1.97. The van der Waals surface area contributed by atoms with E-state index in [1.165, 1.54) is 19.3 Å². The lowest BCUT2D eigenvalue weighted by atomic mass is 9.44. The average molecular weight is 342 g/mol. The summed E-state index contributed by atoms with van der Waals surface area (Å²) in [6, 6.07) is 0. The molecule has 4 saturated carbocycles. The molecule has 0 radical (unpaired) electrons. The summed E-state index contributed by atoms with van der Waals surface area (Å²) in [6.07, 6.45) is 8.52. The second-order valence-corrected chi connectivity index (χ2v) is 9.62. The average Bonchev–Trinajstić information content (AvgIpc) is 2.24. The molecule has 0 spiro atoms. The molecule has 4 bridgehead atoms. The molecule has 0 saturated heterocycles. The zero-order chi connectivity index (χ0) is 14.6. The SMILES string of the molecule is CC12CC3CC(C1)CC(C(=O)NC(C)(C)CCBr)(C3)C2. The van der Waals surface area contributed by atoms with Crippen LogP contribution in [0.1, 0.15) is 65.7 Å². The molecule has 0 aromatic carbocycles. The second kappa shape index (κ2) is 4.72. The van der Waals surface area contributed by atoms with Gasteiger partial charge in [0.05, 0.1) is 5.41 Å². The zero-order valence-electron chi connectivity index (χ0n) is 13.1. The Kier molecular flexibility index (Phi) is 3.51. The molecule has 0 aliphatic heterocycles. The highest BCUT2D eigenvalue weighted by molar-refractivity contribution is 9.09. The van der Waals surface area contributed by atoms with Crippen LogP contribution in [0.2, 0.25) is 0 Å². The molecule has 2 nitrogen and oxygen atoms in total. The van der Waals surface area contributed by atoms with Gasteiger partial charge in [-0.2, -0.15) is 0 Å². The highest BCUT2D eigenvalue weighted by atomic mass is 79.9. The van der Waals surface area contributed by atoms with Crippen molar-refractivity contribution in [3.8, 4) is 0 Å². The van der Waals surface area contributed by atoms with Crippen molar-refractivity contribution >= 4 is 21.8 Å². The first-order valence-corrected chi connectivity index (χ1v) is 9.27. The molecule has 0 aromatic heterocycles. The van der Waals surface area contributed by atoms with Crippen LogP contribution in [0.5, 0.6) is 0 Å². The fraction of sp³-hybridized carbons (Fsp3) is 0.941. The van der Waals surface area contributed by atoms with Crippen molar-refractivity contribution in [1.82, 2.24) is 5.32 Å². The van der Waals surface area contributed by atoms with Gasteiger partial charge in [0, 0.05) is 10.9 Å². The third-order valence-corrected chi connectivity index (χ3v) is 6.40. The number of amides is 1. The summed E-state index contributed by atoms with van der Waals surface area (Å²) in [6.45, 7) is 6.72. The molecule has 20 heavy (non-hydrogen) atoms. The van der Waals surface area contributed by atoms with E-state index in [2.05, 4.69) is 42.0 Å². The van der Waals surface area contributed by atoms with E-state index in [1.807, 2.05) is 0 Å². The Morgan fingerprint density at radius 1 is 1.25 bits per heavy atom. The maximum Gasteiger partial charge on any atom is 0.226 e. The Hall–Kier alpha value is -0.0500. The van der Waals surface area contributed by atoms with Gasteiger partial charge in [0.1, 0.15) is 0 Å². The van der Waals surface area contributed by atoms with E-state index in [-0.39, 0.29) is 11.0 Å². The van der Waals surface area contributed by atoms with Crippen LogP contribution in [0.3, 0.4) is 0 Å². The highest BCUT2D eigenvalue weighted by Crippen LogP contribution is 2.65. The highest BCUT2D eigenvalue weighted by Gasteiger charge is 2.59. The first-order valence-electron chi connectivity index (χ1n) is 8.15. The quantitative estimate of drug-likeness (QED) is 0.760. The molecule has 0 heterocycles. The van der Waals surface area contributed by atoms with Gasteiger partial charge in [-0.1, -0.05) is 22.9 Å². The number of carbonyl (C=O) groups is 1. The lowest BCUT2D eigenvalue weighted by Crippen LogP contribution is -2.59. The molecule has 4 fully saturated rings. The van der Waals surface area contributed by atoms with E-state index in [0.29, 0.717) is 11.3 Å². The summed E-state index contributed by atoms with van der Waals surface area (Å²) >= 11 is 3.50. The fourth-order valence-electron chi connectivity index (χ4n) is 5.72. The lowest BCUT2D eigenvalue weighted by Gasteiger charge is -2.60. The number of hydrogen-bond acceptors (Lipinski definition) is 1. The van der Waals surface area contributed by atoms with Crippen molar-refractivity contribution in [2.24, 2.45) is 22.7 Å². The van der Waals surface area contributed by atoms with Crippen molar-refractivity contribution in [2.75, 3.05) is 5.33 Å². The maximum absolute atomic E-state index is 13.0. The van der Waals surface area contributed by atoms with Crippen LogP contribution >= 0.6 is 15.9 Å². The van der Waals surface area contributed by atoms with E-state index in [4.69, 9.17) is 0 Å². The van der Waals surface area contributed by atoms with Gasteiger partial charge in [-0.3, -0.25) is 4.79 Å². The first kappa shape index (κ1) is 14.9. The Morgan fingerprint density at radius 3 is 2.35 bits per heavy atom. The normalized spacial score (nSPS) is 42.8. The maximum atomic E-state index is 13.0. The molecule has 1 amide bonds. The molecule has 2 atom stereocenters. The summed E-state index contributed by atoms with van der Waals surface area (Å²) in [4.78, 5) is 13.0. The number of hydrogen-bond donors (Lipinski definition) is 1. The van der Waals surface area contributed by atoms with Crippen LogP contribution < -0.4 is 5.32 Å². The van der Waals surface area contributed by atoms with E-state index in [0.717, 1.165) is 42.8 Å². The molecule has 114 valence electrons. The largest absolute Gasteiger partial charge is 0.351 e. The first-order chi connectivity index (χ1) is 9.26. The summed E-state index contributed by atoms with van der Waals surface area (Å²) in [5.41, 5.74) is 0.314. The van der Waals surface area contributed by atoms with Crippen molar-refractivity contribution < 1.29 is 4.79 Å². The van der Waals surface area contributed by atoms with Crippen molar-refractivity contribution in [3.05, 3.63) is 0 Å². The van der Waals surface area contributed by atoms with E-state index in [9.17, 15) is 4.79 Å². The summed E-state index contributed by atoms with van der Waals surface area (Å²) in [5, 5.41) is 4.30. The van der Waals surface area contributed by atoms with Crippen molar-refractivity contribution in [3.63, 3.8) is 0 Å². The van der Waals surface area contributed by atoms with Crippen LogP contribution in [-0.4, -0.2) is 16.8 Å². The van der Waals surface area contributed by atoms with Crippen molar-refractivity contribution in [1.29, 1.82) is 0 Å². The Morgan fingerprint density at radius 2 is 1.85 bits per heavy atom. The number of carbonyl (C=O) groups excluding carboxylic acids is 1. The van der Waals surface area contributed by atoms with E-state index < -0.39 is 0 Å². The molecule has 2 unspecified atom stereocenters. The van der Waals surface area contributed by atoms with Crippen LogP contribution in [0.4, 0.5) is 0 Å². The Bertz CT molecular complexity index is 403. The van der Waals surface area contributed by atoms with Crippen LogP contribution in [-0.2, 0) is 4.79 Å². The summed E-state index contributed by atoms with van der Waals surface area (Å²) in [7, 11) is 0. The number of rotatable bonds is 4. The fourth-order valence-corrected chi connectivity index (χ4v) is 6.72. The molecule has 4 rings (SSSR count). The lowest BCUT2D eigenvalue weighted by molar-refractivity contribution is -0.157. The van der Waals surface area contributed by atoms with E-state index >= 15 is 0 Å². The van der Waals surface area contributed by atoms with Crippen molar-refractivity contribution in [2.45, 2.75) is 71.3 Å². The van der Waals surface area contributed by atoms with Gasteiger partial charge >= 0.3 is 0 Å². The van der Waals surface area contributed by atoms with Crippen LogP contribution in [0.15, 0.2) is 0 Å². The zero-order valence-corrected chi connectivity index (χ0v) is 14.7. The van der Waals surface area contributed by atoms with Crippen LogP contribution in [0.25, 0.3) is 0 Å². The number of halogens is 1. The topological polar surface area (TPSA) is 29.1 Å². The molecule has 3 heteroatoms. The minimum Gasteiger partial charge on any atom is -0.351 e. The predicted molar refractivity (Wildman–Crippen MR) is 85.9 cm³/mol. The third kappa shape index (κ3) is 2.55. The Balaban J connectivity index is 1.77.